The second-order valence-electron chi connectivity index (χ2n) is 4.74. The number of nitrogens with zero attached hydrogens (tertiary/aromatic N) is 1. The van der Waals surface area contributed by atoms with Gasteiger partial charge in [0.2, 0.25) is 0 Å². The summed E-state index contributed by atoms with van der Waals surface area (Å²) in [6.07, 6.45) is 0.874. The van der Waals surface area contributed by atoms with Crippen molar-refractivity contribution in [3.8, 4) is 0 Å². The van der Waals surface area contributed by atoms with Gasteiger partial charge in [0.05, 0.1) is 10.8 Å². The van der Waals surface area contributed by atoms with Gasteiger partial charge in [0.25, 0.3) is 0 Å². The summed E-state index contributed by atoms with van der Waals surface area (Å²) in [6, 6.07) is 14.2. The van der Waals surface area contributed by atoms with Gasteiger partial charge in [0.15, 0.2) is 0 Å². The Hall–Kier alpha value is -1.61. The fourth-order valence-electron chi connectivity index (χ4n) is 2.32. The van der Waals surface area contributed by atoms with Crippen molar-refractivity contribution in [2.45, 2.75) is 16.2 Å². The summed E-state index contributed by atoms with van der Waals surface area (Å²) < 4.78 is 12.5. The first kappa shape index (κ1) is 11.5. The van der Waals surface area contributed by atoms with Gasteiger partial charge in [-0.25, -0.2) is 4.21 Å². The molecule has 2 aromatic carbocycles. The number of anilines is 1. The maximum absolute atomic E-state index is 12.5. The Labute approximate surface area is 110 Å². The molecule has 1 atom stereocenters. The van der Waals surface area contributed by atoms with Gasteiger partial charge in [-0.1, -0.05) is 18.2 Å². The molecule has 0 N–H and O–H groups in total. The summed E-state index contributed by atoms with van der Waals surface area (Å²) in [5.41, 5.74) is 3.52. The summed E-state index contributed by atoms with van der Waals surface area (Å²) >= 11 is 0. The molecule has 1 heterocycles. The maximum Gasteiger partial charge on any atom is 0.0855 e. The molecule has 1 aliphatic heterocycles. The molecule has 2 nitrogen and oxygen atoms in total. The van der Waals surface area contributed by atoms with Crippen molar-refractivity contribution >= 4 is 16.5 Å². The minimum absolute atomic E-state index is 0.874. The minimum atomic E-state index is -1.03. The standard InChI is InChI=1S/C15H15NOS/c1-16(2)13-7-8-15-12(10-13)9-11-5-3-4-6-14(11)18(15)17/h3-8,10H,9H2,1-2H3. The van der Waals surface area contributed by atoms with Gasteiger partial charge in [-0.05, 0) is 41.8 Å². The van der Waals surface area contributed by atoms with Crippen molar-refractivity contribution in [2.24, 2.45) is 0 Å². The Morgan fingerprint density at radius 1 is 1.00 bits per heavy atom. The Morgan fingerprint density at radius 2 is 1.72 bits per heavy atom. The lowest BCUT2D eigenvalue weighted by Crippen LogP contribution is -2.13. The van der Waals surface area contributed by atoms with Crippen LogP contribution in [0.2, 0.25) is 0 Å². The molecule has 0 spiro atoms. The molecule has 2 aromatic rings. The Balaban J connectivity index is 2.13. The first-order valence-electron chi connectivity index (χ1n) is 5.97. The molecule has 92 valence electrons. The largest absolute Gasteiger partial charge is 0.378 e. The zero-order valence-electron chi connectivity index (χ0n) is 10.5. The lowest BCUT2D eigenvalue weighted by Gasteiger charge is -2.21. The molecule has 0 saturated heterocycles. The second kappa shape index (κ2) is 4.25. The molecule has 1 aliphatic rings. The molecule has 18 heavy (non-hydrogen) atoms. The van der Waals surface area contributed by atoms with Crippen LogP contribution in [0, 0.1) is 0 Å². The average molecular weight is 257 g/mol. The van der Waals surface area contributed by atoms with Gasteiger partial charge < -0.3 is 4.90 Å². The quantitative estimate of drug-likeness (QED) is 0.668. The van der Waals surface area contributed by atoms with Crippen molar-refractivity contribution < 1.29 is 4.21 Å². The number of hydrogen-bond donors (Lipinski definition) is 0. The first-order valence-corrected chi connectivity index (χ1v) is 7.12. The number of hydrogen-bond acceptors (Lipinski definition) is 2. The van der Waals surface area contributed by atoms with Gasteiger partial charge in [-0.2, -0.15) is 0 Å². The summed E-state index contributed by atoms with van der Waals surface area (Å²) in [7, 11) is 3.02. The number of benzene rings is 2. The third kappa shape index (κ3) is 1.75. The highest BCUT2D eigenvalue weighted by Crippen LogP contribution is 2.33. The Bertz CT molecular complexity index is 634. The molecule has 0 radical (unpaired) electrons. The van der Waals surface area contributed by atoms with Crippen molar-refractivity contribution in [1.29, 1.82) is 0 Å². The van der Waals surface area contributed by atoms with Crippen LogP contribution in [0.5, 0.6) is 0 Å². The monoisotopic (exact) mass is 257 g/mol. The van der Waals surface area contributed by atoms with Gasteiger partial charge in [-0.3, -0.25) is 0 Å². The summed E-state index contributed by atoms with van der Waals surface area (Å²) in [5, 5.41) is 0. The van der Waals surface area contributed by atoms with Crippen molar-refractivity contribution in [2.75, 3.05) is 19.0 Å². The molecule has 0 aliphatic carbocycles. The highest BCUT2D eigenvalue weighted by molar-refractivity contribution is 7.85. The summed E-state index contributed by atoms with van der Waals surface area (Å²) in [5.74, 6) is 0. The van der Waals surface area contributed by atoms with Crippen molar-refractivity contribution in [3.05, 3.63) is 53.6 Å². The van der Waals surface area contributed by atoms with Crippen LogP contribution in [0.25, 0.3) is 0 Å². The molecule has 0 fully saturated rings. The van der Waals surface area contributed by atoms with E-state index in [1.165, 1.54) is 11.1 Å². The van der Waals surface area contributed by atoms with E-state index >= 15 is 0 Å². The van der Waals surface area contributed by atoms with Crippen LogP contribution in [0.1, 0.15) is 11.1 Å². The maximum atomic E-state index is 12.5. The van der Waals surface area contributed by atoms with Crippen molar-refractivity contribution in [1.82, 2.24) is 0 Å². The van der Waals surface area contributed by atoms with Crippen LogP contribution in [0.3, 0.4) is 0 Å². The minimum Gasteiger partial charge on any atom is -0.378 e. The van der Waals surface area contributed by atoms with E-state index in [0.717, 1.165) is 21.9 Å². The highest BCUT2D eigenvalue weighted by Gasteiger charge is 2.21. The number of fused-ring (bicyclic) bond motifs is 2. The van der Waals surface area contributed by atoms with Crippen molar-refractivity contribution in [3.63, 3.8) is 0 Å². The third-order valence-corrected chi connectivity index (χ3v) is 4.91. The molecule has 3 rings (SSSR count). The van der Waals surface area contributed by atoms with E-state index in [2.05, 4.69) is 17.0 Å². The van der Waals surface area contributed by atoms with E-state index < -0.39 is 10.8 Å². The van der Waals surface area contributed by atoms with Crippen LogP contribution < -0.4 is 4.90 Å². The van der Waals surface area contributed by atoms with E-state index in [1.807, 2.05) is 44.4 Å². The molecule has 0 aromatic heterocycles. The SMILES string of the molecule is CN(C)c1ccc2c(c1)Cc1ccccc1S2=O. The first-order chi connectivity index (χ1) is 8.66. The predicted molar refractivity (Wildman–Crippen MR) is 74.7 cm³/mol. The molecule has 0 saturated carbocycles. The van der Waals surface area contributed by atoms with E-state index in [9.17, 15) is 4.21 Å². The topological polar surface area (TPSA) is 20.3 Å². The van der Waals surface area contributed by atoms with E-state index in [0.29, 0.717) is 0 Å². The smallest absolute Gasteiger partial charge is 0.0855 e. The average Bonchev–Trinajstić information content (AvgIpc) is 2.38. The van der Waals surface area contributed by atoms with Crippen LogP contribution in [-0.2, 0) is 17.2 Å². The Morgan fingerprint density at radius 3 is 2.50 bits per heavy atom. The van der Waals surface area contributed by atoms with Gasteiger partial charge in [-0.15, -0.1) is 0 Å². The summed E-state index contributed by atoms with van der Waals surface area (Å²) in [6.45, 7) is 0. The fraction of sp³-hybridized carbons (Fsp3) is 0.200. The van der Waals surface area contributed by atoms with Gasteiger partial charge in [0, 0.05) is 29.6 Å². The lowest BCUT2D eigenvalue weighted by molar-refractivity contribution is 0.679. The summed E-state index contributed by atoms with van der Waals surface area (Å²) in [4.78, 5) is 3.99. The van der Waals surface area contributed by atoms with Gasteiger partial charge >= 0.3 is 0 Å². The van der Waals surface area contributed by atoms with E-state index in [4.69, 9.17) is 0 Å². The molecule has 0 bridgehead atoms. The zero-order chi connectivity index (χ0) is 12.7. The molecule has 0 amide bonds. The Kier molecular flexibility index (Phi) is 2.71. The van der Waals surface area contributed by atoms with Crippen LogP contribution in [-0.4, -0.2) is 18.3 Å². The normalized spacial score (nSPS) is 16.9. The molecular formula is C15H15NOS. The zero-order valence-corrected chi connectivity index (χ0v) is 11.3. The van der Waals surface area contributed by atoms with E-state index in [-0.39, 0.29) is 0 Å². The van der Waals surface area contributed by atoms with Crippen LogP contribution >= 0.6 is 0 Å². The second-order valence-corrected chi connectivity index (χ2v) is 6.16. The van der Waals surface area contributed by atoms with E-state index in [1.54, 1.807) is 0 Å². The fourth-order valence-corrected chi connectivity index (χ4v) is 3.70. The van der Waals surface area contributed by atoms with Gasteiger partial charge in [0.1, 0.15) is 0 Å². The molecular weight excluding hydrogens is 242 g/mol. The molecule has 1 unspecified atom stereocenters. The van der Waals surface area contributed by atoms with Crippen LogP contribution in [0.15, 0.2) is 52.3 Å². The third-order valence-electron chi connectivity index (χ3n) is 3.31. The van der Waals surface area contributed by atoms with Crippen LogP contribution in [0.4, 0.5) is 5.69 Å². The molecule has 3 heteroatoms. The predicted octanol–water partition coefficient (Wildman–Crippen LogP) is 2.82. The number of rotatable bonds is 1. The highest BCUT2D eigenvalue weighted by atomic mass is 32.2. The lowest BCUT2D eigenvalue weighted by atomic mass is 10.0.